The molecule has 0 aromatic heterocycles. The van der Waals surface area contributed by atoms with Crippen LogP contribution in [0.5, 0.6) is 5.75 Å². The van der Waals surface area contributed by atoms with Crippen LogP contribution in [0.2, 0.25) is 0 Å². The number of fused-ring (bicyclic) bond motifs is 1. The Morgan fingerprint density at radius 1 is 0.938 bits per heavy atom. The average molecular weight is 433 g/mol. The molecule has 0 aliphatic carbocycles. The monoisotopic (exact) mass is 433 g/mol. The van der Waals surface area contributed by atoms with Crippen LogP contribution in [0.1, 0.15) is 41.3 Å². The lowest BCUT2D eigenvalue weighted by molar-refractivity contribution is -0.131. The number of imide groups is 1. The Labute approximate surface area is 185 Å². The number of hydrogen-bond acceptors (Lipinski definition) is 5. The van der Waals surface area contributed by atoms with Crippen molar-refractivity contribution in [3.05, 3.63) is 90.0 Å². The molecule has 3 aromatic carbocycles. The second kappa shape index (κ2) is 10.8. The second-order valence-electron chi connectivity index (χ2n) is 7.11. The summed E-state index contributed by atoms with van der Waals surface area (Å²) in [6.45, 7) is 0. The number of alkyl carbamates (subject to hydrolysis) is 1. The van der Waals surface area contributed by atoms with Gasteiger partial charge >= 0.3 is 12.1 Å². The third-order valence-electron chi connectivity index (χ3n) is 4.88. The summed E-state index contributed by atoms with van der Waals surface area (Å²) in [5.41, 5.74) is 1.01. The molecule has 0 saturated carbocycles. The number of phenolic OH excluding ortho intramolecular Hbond substituents is 1. The van der Waals surface area contributed by atoms with Gasteiger partial charge in [0.05, 0.1) is 0 Å². The number of rotatable bonds is 8. The fourth-order valence-electron chi connectivity index (χ4n) is 3.38. The molecule has 7 heteroatoms. The molecule has 3 aromatic rings. The number of amides is 2. The van der Waals surface area contributed by atoms with Crippen LogP contribution in [-0.4, -0.2) is 28.2 Å². The Balaban J connectivity index is 1.80. The molecule has 0 aliphatic rings. The number of hydrogen-bond donors (Lipinski definition) is 3. The first-order valence-electron chi connectivity index (χ1n) is 10.1. The van der Waals surface area contributed by atoms with E-state index in [2.05, 4.69) is 5.32 Å². The minimum absolute atomic E-state index is 0.108. The van der Waals surface area contributed by atoms with Gasteiger partial charge in [0.2, 0.25) is 0 Å². The van der Waals surface area contributed by atoms with Crippen LogP contribution in [0.4, 0.5) is 4.79 Å². The van der Waals surface area contributed by atoms with Gasteiger partial charge < -0.3 is 14.9 Å². The van der Waals surface area contributed by atoms with Gasteiger partial charge in [-0.05, 0) is 42.8 Å². The van der Waals surface area contributed by atoms with E-state index in [4.69, 9.17) is 9.84 Å². The quantitative estimate of drug-likeness (QED) is 0.342. The molecule has 1 atom stereocenters. The molecule has 0 radical (unpaired) electrons. The van der Waals surface area contributed by atoms with Crippen molar-refractivity contribution in [2.75, 3.05) is 0 Å². The predicted molar refractivity (Wildman–Crippen MR) is 119 cm³/mol. The Hall–Kier alpha value is -4.13. The average Bonchev–Trinajstić information content (AvgIpc) is 2.79. The van der Waals surface area contributed by atoms with Gasteiger partial charge in [0.25, 0.3) is 5.91 Å². The molecule has 0 bridgehead atoms. The van der Waals surface area contributed by atoms with E-state index < -0.39 is 24.1 Å². The highest BCUT2D eigenvalue weighted by Crippen LogP contribution is 2.34. The van der Waals surface area contributed by atoms with Crippen LogP contribution >= 0.6 is 0 Å². The molecule has 2 amide bonds. The lowest BCUT2D eigenvalue weighted by Gasteiger charge is -2.20. The highest BCUT2D eigenvalue weighted by atomic mass is 16.6. The molecule has 0 heterocycles. The number of ether oxygens (including phenoxy) is 1. The molecule has 3 N–H and O–H groups in total. The highest BCUT2D eigenvalue weighted by molar-refractivity contribution is 6.02. The maximum absolute atomic E-state index is 12.5. The van der Waals surface area contributed by atoms with E-state index in [0.29, 0.717) is 35.8 Å². The van der Waals surface area contributed by atoms with Gasteiger partial charge in [-0.2, -0.15) is 0 Å². The summed E-state index contributed by atoms with van der Waals surface area (Å²) in [5, 5.41) is 22.5. The van der Waals surface area contributed by atoms with Gasteiger partial charge in [0, 0.05) is 22.6 Å². The summed E-state index contributed by atoms with van der Waals surface area (Å²) in [5.74, 6) is -1.49. The van der Waals surface area contributed by atoms with E-state index in [1.807, 2.05) is 12.1 Å². The number of aromatic hydroxyl groups is 1. The Kier molecular flexibility index (Phi) is 7.59. The standard InChI is InChI=1S/C25H23NO6/c27-21-16-15-20(18-11-7-8-12-19(18)21)22(13-5-2-6-14-23(28)29)32-25(31)26-24(30)17-9-3-1-4-10-17/h1,3-4,6-12,14-16,22,27H,2,5,13H2,(H,28,29)(H,26,30,31)/b14-6+/t22-/m1/s1. The highest BCUT2D eigenvalue weighted by Gasteiger charge is 2.21. The van der Waals surface area contributed by atoms with Gasteiger partial charge in [-0.1, -0.05) is 54.6 Å². The number of carbonyl (C=O) groups is 3. The summed E-state index contributed by atoms with van der Waals surface area (Å²) in [7, 11) is 0. The molecule has 164 valence electrons. The molecule has 3 rings (SSSR count). The maximum Gasteiger partial charge on any atom is 0.414 e. The van der Waals surface area contributed by atoms with Gasteiger partial charge in [-0.25, -0.2) is 9.59 Å². The molecular weight excluding hydrogens is 410 g/mol. The number of allylic oxidation sites excluding steroid dienone is 1. The molecule has 7 nitrogen and oxygen atoms in total. The fraction of sp³-hybridized carbons (Fsp3) is 0.160. The summed E-state index contributed by atoms with van der Waals surface area (Å²) in [6, 6.07) is 18.7. The zero-order chi connectivity index (χ0) is 22.9. The number of carboxylic acids is 1. The van der Waals surface area contributed by atoms with Crippen molar-refractivity contribution < 1.29 is 29.3 Å². The topological polar surface area (TPSA) is 113 Å². The largest absolute Gasteiger partial charge is 0.507 e. The number of unbranched alkanes of at least 4 members (excludes halogenated alkanes) is 1. The first kappa shape index (κ1) is 22.6. The van der Waals surface area contributed by atoms with Gasteiger partial charge in [0.1, 0.15) is 11.9 Å². The van der Waals surface area contributed by atoms with Crippen LogP contribution < -0.4 is 5.32 Å². The van der Waals surface area contributed by atoms with E-state index in [1.54, 1.807) is 48.5 Å². The maximum atomic E-state index is 12.5. The molecule has 0 spiro atoms. The minimum atomic E-state index is -1.03. The smallest absolute Gasteiger partial charge is 0.414 e. The number of phenols is 1. The van der Waals surface area contributed by atoms with Crippen molar-refractivity contribution in [1.29, 1.82) is 0 Å². The molecule has 0 fully saturated rings. The van der Waals surface area contributed by atoms with Crippen LogP contribution in [0.15, 0.2) is 78.9 Å². The van der Waals surface area contributed by atoms with E-state index in [-0.39, 0.29) is 5.75 Å². The summed E-state index contributed by atoms with van der Waals surface area (Å²) < 4.78 is 5.61. The Morgan fingerprint density at radius 2 is 1.62 bits per heavy atom. The molecule has 0 saturated heterocycles. The van der Waals surface area contributed by atoms with Crippen molar-refractivity contribution in [2.45, 2.75) is 25.4 Å². The van der Waals surface area contributed by atoms with E-state index in [0.717, 1.165) is 11.5 Å². The summed E-state index contributed by atoms with van der Waals surface area (Å²) >= 11 is 0. The lowest BCUT2D eigenvalue weighted by Crippen LogP contribution is -2.32. The van der Waals surface area contributed by atoms with Crippen LogP contribution in [-0.2, 0) is 9.53 Å². The van der Waals surface area contributed by atoms with E-state index >= 15 is 0 Å². The van der Waals surface area contributed by atoms with Crippen molar-refractivity contribution >= 4 is 28.7 Å². The van der Waals surface area contributed by atoms with Gasteiger partial charge in [-0.3, -0.25) is 10.1 Å². The first-order valence-corrected chi connectivity index (χ1v) is 10.1. The number of aliphatic carboxylic acids is 1. The zero-order valence-corrected chi connectivity index (χ0v) is 17.2. The molecular formula is C25H23NO6. The van der Waals surface area contributed by atoms with Crippen LogP contribution in [0, 0.1) is 0 Å². The first-order chi connectivity index (χ1) is 15.5. The molecule has 32 heavy (non-hydrogen) atoms. The molecule has 0 unspecified atom stereocenters. The van der Waals surface area contributed by atoms with Crippen molar-refractivity contribution in [1.82, 2.24) is 5.32 Å². The van der Waals surface area contributed by atoms with Crippen LogP contribution in [0.25, 0.3) is 10.8 Å². The zero-order valence-electron chi connectivity index (χ0n) is 17.2. The van der Waals surface area contributed by atoms with Crippen molar-refractivity contribution in [3.63, 3.8) is 0 Å². The normalized spacial score (nSPS) is 11.9. The van der Waals surface area contributed by atoms with Crippen LogP contribution in [0.3, 0.4) is 0 Å². The third-order valence-corrected chi connectivity index (χ3v) is 4.88. The lowest BCUT2D eigenvalue weighted by atomic mass is 9.96. The number of carbonyl (C=O) groups excluding carboxylic acids is 2. The SMILES string of the molecule is O=C(O)/C=C/CCC[C@@H](OC(=O)NC(=O)c1ccccc1)c1ccc(O)c2ccccc12. The van der Waals surface area contributed by atoms with E-state index in [1.165, 1.54) is 12.1 Å². The third kappa shape index (κ3) is 5.95. The summed E-state index contributed by atoms with van der Waals surface area (Å²) in [4.78, 5) is 35.4. The van der Waals surface area contributed by atoms with Gasteiger partial charge in [0.15, 0.2) is 0 Å². The number of benzene rings is 3. The molecule has 0 aliphatic heterocycles. The van der Waals surface area contributed by atoms with Gasteiger partial charge in [-0.15, -0.1) is 0 Å². The van der Waals surface area contributed by atoms with Crippen molar-refractivity contribution in [3.8, 4) is 5.75 Å². The Morgan fingerprint density at radius 3 is 2.34 bits per heavy atom. The second-order valence-corrected chi connectivity index (χ2v) is 7.11. The van der Waals surface area contributed by atoms with Crippen molar-refractivity contribution in [2.24, 2.45) is 0 Å². The number of carboxylic acid groups (broad SMARTS) is 1. The fourth-order valence-corrected chi connectivity index (χ4v) is 3.38. The number of nitrogens with one attached hydrogen (secondary N) is 1. The summed E-state index contributed by atoms with van der Waals surface area (Å²) in [6.07, 6.45) is 2.43. The predicted octanol–water partition coefficient (Wildman–Crippen LogP) is 4.96. The minimum Gasteiger partial charge on any atom is -0.507 e. The van der Waals surface area contributed by atoms with E-state index in [9.17, 15) is 19.5 Å². The Bertz CT molecular complexity index is 1140.